The zero-order valence-electron chi connectivity index (χ0n) is 9.92. The summed E-state index contributed by atoms with van der Waals surface area (Å²) < 4.78 is 0. The van der Waals surface area contributed by atoms with E-state index >= 15 is 0 Å². The van der Waals surface area contributed by atoms with Gasteiger partial charge in [-0.2, -0.15) is 0 Å². The first kappa shape index (κ1) is 13.4. The van der Waals surface area contributed by atoms with Crippen LogP contribution in [0.2, 0.25) is 0 Å². The summed E-state index contributed by atoms with van der Waals surface area (Å²) in [6, 6.07) is 7.40. The van der Waals surface area contributed by atoms with E-state index in [1.54, 1.807) is 13.0 Å². The van der Waals surface area contributed by atoms with Crippen molar-refractivity contribution < 1.29 is 4.79 Å². The Kier molecular flexibility index (Phi) is 6.11. The third-order valence-electron chi connectivity index (χ3n) is 1.65. The summed E-state index contributed by atoms with van der Waals surface area (Å²) in [5, 5.41) is 3.04. The van der Waals surface area contributed by atoms with Gasteiger partial charge in [0.05, 0.1) is 0 Å². The molecule has 1 rings (SSSR count). The number of carbonyl (C=O) groups excluding carboxylic acids is 1. The highest BCUT2D eigenvalue weighted by Gasteiger charge is 2.04. The monoisotopic (exact) mass is 205 g/mol. The molecule has 0 fully saturated rings. The predicted octanol–water partition coefficient (Wildman–Crippen LogP) is 3.86. The number of ketones is 1. The van der Waals surface area contributed by atoms with E-state index in [9.17, 15) is 4.79 Å². The van der Waals surface area contributed by atoms with Gasteiger partial charge in [0.25, 0.3) is 0 Å². The Morgan fingerprint density at radius 2 is 1.73 bits per heavy atom. The SMILES string of the molecule is C=C(C)Nc1ccccc1C(C)=O.CC. The first-order valence-electron chi connectivity index (χ1n) is 5.14. The topological polar surface area (TPSA) is 29.1 Å². The van der Waals surface area contributed by atoms with Crippen molar-refractivity contribution >= 4 is 11.5 Å². The van der Waals surface area contributed by atoms with Crippen LogP contribution in [-0.2, 0) is 0 Å². The highest BCUT2D eigenvalue weighted by Crippen LogP contribution is 2.16. The Morgan fingerprint density at radius 3 is 2.20 bits per heavy atom. The van der Waals surface area contributed by atoms with E-state index in [1.165, 1.54) is 0 Å². The lowest BCUT2D eigenvalue weighted by molar-refractivity contribution is 0.101. The molecule has 1 aromatic carbocycles. The molecule has 0 aromatic heterocycles. The lowest BCUT2D eigenvalue weighted by Crippen LogP contribution is -2.01. The van der Waals surface area contributed by atoms with Crippen molar-refractivity contribution in [2.45, 2.75) is 27.7 Å². The molecule has 0 aliphatic carbocycles. The van der Waals surface area contributed by atoms with Gasteiger partial charge in [0.15, 0.2) is 5.78 Å². The minimum atomic E-state index is 0.0596. The molecule has 0 saturated heterocycles. The maximum absolute atomic E-state index is 11.2. The Labute approximate surface area is 92.0 Å². The van der Waals surface area contributed by atoms with E-state index in [0.717, 1.165) is 11.4 Å². The first-order chi connectivity index (χ1) is 7.11. The van der Waals surface area contributed by atoms with Crippen LogP contribution in [0.5, 0.6) is 0 Å². The zero-order chi connectivity index (χ0) is 11.8. The summed E-state index contributed by atoms with van der Waals surface area (Å²) in [6.45, 7) is 11.1. The highest BCUT2D eigenvalue weighted by molar-refractivity contribution is 5.99. The summed E-state index contributed by atoms with van der Waals surface area (Å²) >= 11 is 0. The van der Waals surface area contributed by atoms with Gasteiger partial charge in [0.1, 0.15) is 0 Å². The molecule has 82 valence electrons. The summed E-state index contributed by atoms with van der Waals surface area (Å²) in [4.78, 5) is 11.2. The number of rotatable bonds is 3. The van der Waals surface area contributed by atoms with Gasteiger partial charge in [0.2, 0.25) is 0 Å². The Morgan fingerprint density at radius 1 is 1.20 bits per heavy atom. The van der Waals surface area contributed by atoms with Crippen LogP contribution in [-0.4, -0.2) is 5.78 Å². The molecule has 0 radical (unpaired) electrons. The Bertz CT molecular complexity index is 342. The number of carbonyl (C=O) groups is 1. The van der Waals surface area contributed by atoms with Gasteiger partial charge < -0.3 is 5.32 Å². The summed E-state index contributed by atoms with van der Waals surface area (Å²) in [5.41, 5.74) is 2.35. The van der Waals surface area contributed by atoms with Gasteiger partial charge in [-0.3, -0.25) is 4.79 Å². The van der Waals surface area contributed by atoms with Crippen molar-refractivity contribution in [3.05, 3.63) is 42.1 Å². The Balaban J connectivity index is 0.000000921. The van der Waals surface area contributed by atoms with E-state index in [4.69, 9.17) is 0 Å². The number of anilines is 1. The second kappa shape index (κ2) is 6.82. The molecule has 0 aliphatic heterocycles. The predicted molar refractivity (Wildman–Crippen MR) is 66.2 cm³/mol. The largest absolute Gasteiger partial charge is 0.359 e. The summed E-state index contributed by atoms with van der Waals surface area (Å²) in [7, 11) is 0. The van der Waals surface area contributed by atoms with E-state index in [0.29, 0.717) is 5.56 Å². The normalized spacial score (nSPS) is 8.53. The van der Waals surface area contributed by atoms with Crippen LogP contribution >= 0.6 is 0 Å². The lowest BCUT2D eigenvalue weighted by Gasteiger charge is -2.08. The minimum Gasteiger partial charge on any atom is -0.359 e. The molecule has 15 heavy (non-hydrogen) atoms. The van der Waals surface area contributed by atoms with Crippen LogP contribution in [0.4, 0.5) is 5.69 Å². The number of nitrogens with one attached hydrogen (secondary N) is 1. The highest BCUT2D eigenvalue weighted by atomic mass is 16.1. The average Bonchev–Trinajstić information content (AvgIpc) is 2.20. The van der Waals surface area contributed by atoms with Crippen LogP contribution in [0.3, 0.4) is 0 Å². The second-order valence-corrected chi connectivity index (χ2v) is 3.01. The number of hydrogen-bond acceptors (Lipinski definition) is 2. The molecule has 2 nitrogen and oxygen atoms in total. The molecule has 0 spiro atoms. The van der Waals surface area contributed by atoms with Gasteiger partial charge in [-0.15, -0.1) is 0 Å². The van der Waals surface area contributed by atoms with E-state index in [-0.39, 0.29) is 5.78 Å². The zero-order valence-corrected chi connectivity index (χ0v) is 9.92. The van der Waals surface area contributed by atoms with Gasteiger partial charge in [-0.05, 0) is 26.0 Å². The summed E-state index contributed by atoms with van der Waals surface area (Å²) in [5.74, 6) is 0.0596. The molecule has 0 bridgehead atoms. The van der Waals surface area contributed by atoms with Crippen molar-refractivity contribution in [1.82, 2.24) is 0 Å². The fourth-order valence-corrected chi connectivity index (χ4v) is 1.13. The van der Waals surface area contributed by atoms with Gasteiger partial charge in [-0.25, -0.2) is 0 Å². The number of allylic oxidation sites excluding steroid dienone is 1. The van der Waals surface area contributed by atoms with Crippen LogP contribution in [0.15, 0.2) is 36.5 Å². The number of Topliss-reactive ketones (excluding diaryl/α,β-unsaturated/α-hetero) is 1. The van der Waals surface area contributed by atoms with Crippen molar-refractivity contribution in [1.29, 1.82) is 0 Å². The second-order valence-electron chi connectivity index (χ2n) is 3.01. The van der Waals surface area contributed by atoms with Gasteiger partial charge >= 0.3 is 0 Å². The van der Waals surface area contributed by atoms with Gasteiger partial charge in [0, 0.05) is 16.9 Å². The maximum atomic E-state index is 11.2. The molecule has 0 atom stereocenters. The van der Waals surface area contributed by atoms with Crippen molar-refractivity contribution in [2.24, 2.45) is 0 Å². The smallest absolute Gasteiger partial charge is 0.161 e. The van der Waals surface area contributed by atoms with Crippen LogP contribution in [0, 0.1) is 0 Å². The quantitative estimate of drug-likeness (QED) is 0.759. The fourth-order valence-electron chi connectivity index (χ4n) is 1.13. The molecule has 1 N–H and O–H groups in total. The standard InChI is InChI=1S/C11H13NO.C2H6/c1-8(2)12-11-7-5-4-6-10(11)9(3)13;1-2/h4-7,12H,1H2,2-3H3;1-2H3. The fraction of sp³-hybridized carbons (Fsp3) is 0.308. The molecule has 2 heteroatoms. The van der Waals surface area contributed by atoms with E-state index in [2.05, 4.69) is 11.9 Å². The van der Waals surface area contributed by atoms with Crippen molar-refractivity contribution in [3.8, 4) is 0 Å². The molecule has 0 amide bonds. The summed E-state index contributed by atoms with van der Waals surface area (Å²) in [6.07, 6.45) is 0. The minimum absolute atomic E-state index is 0.0596. The molecule has 0 saturated carbocycles. The van der Waals surface area contributed by atoms with Crippen LogP contribution in [0.25, 0.3) is 0 Å². The van der Waals surface area contributed by atoms with Crippen LogP contribution < -0.4 is 5.32 Å². The molecule has 0 unspecified atom stereocenters. The van der Waals surface area contributed by atoms with Gasteiger partial charge in [-0.1, -0.05) is 32.6 Å². The number of benzene rings is 1. The lowest BCUT2D eigenvalue weighted by atomic mass is 10.1. The number of para-hydroxylation sites is 1. The average molecular weight is 205 g/mol. The van der Waals surface area contributed by atoms with Crippen LogP contribution in [0.1, 0.15) is 38.1 Å². The molecular formula is C13H19NO. The maximum Gasteiger partial charge on any atom is 0.161 e. The van der Waals surface area contributed by atoms with E-state index in [1.807, 2.05) is 39.0 Å². The first-order valence-corrected chi connectivity index (χ1v) is 5.14. The third kappa shape index (κ3) is 4.45. The van der Waals surface area contributed by atoms with E-state index < -0.39 is 0 Å². The molecular weight excluding hydrogens is 186 g/mol. The molecule has 0 heterocycles. The third-order valence-corrected chi connectivity index (χ3v) is 1.65. The molecule has 0 aliphatic rings. The number of hydrogen-bond donors (Lipinski definition) is 1. The van der Waals surface area contributed by atoms with Crippen molar-refractivity contribution in [3.63, 3.8) is 0 Å². The Hall–Kier alpha value is -1.57. The van der Waals surface area contributed by atoms with Crippen molar-refractivity contribution in [2.75, 3.05) is 5.32 Å². The molecule has 1 aromatic rings.